The summed E-state index contributed by atoms with van der Waals surface area (Å²) in [6.45, 7) is 1.94. The predicted octanol–water partition coefficient (Wildman–Crippen LogP) is 2.94. The van der Waals surface area contributed by atoms with Crippen molar-refractivity contribution in [2.24, 2.45) is 0 Å². The number of nitrogens with one attached hydrogen (secondary N) is 2. The lowest BCUT2D eigenvalue weighted by molar-refractivity contribution is -0.991. The maximum Gasteiger partial charge on any atom is 0.165 e. The molecule has 0 spiro atoms. The van der Waals surface area contributed by atoms with Crippen LogP contribution in [0, 0.1) is 5.21 Å². The quantitative estimate of drug-likeness (QED) is 0.299. The minimum absolute atomic E-state index is 0.238. The van der Waals surface area contributed by atoms with Crippen LogP contribution >= 0.6 is 0 Å². The molecular weight excluding hydrogens is 356 g/mol. The molecule has 3 rings (SSSR count). The number of hydrogen-bond donors (Lipinski definition) is 3. The number of fused-ring (bicyclic) bond motifs is 2. The van der Waals surface area contributed by atoms with E-state index in [-0.39, 0.29) is 5.69 Å². The van der Waals surface area contributed by atoms with Gasteiger partial charge in [-0.2, -0.15) is 5.23 Å². The van der Waals surface area contributed by atoms with Crippen molar-refractivity contribution in [3.63, 3.8) is 0 Å². The topological polar surface area (TPSA) is 85.1 Å². The molecular formula is C21H28N4O3. The molecule has 0 aliphatic heterocycles. The number of nitrogens with zero attached hydrogens (tertiary/aromatic N) is 2. The number of methoxy groups -OCH3 is 1. The van der Waals surface area contributed by atoms with E-state index in [0.717, 1.165) is 53.7 Å². The van der Waals surface area contributed by atoms with Gasteiger partial charge in [0.05, 0.1) is 23.8 Å². The third kappa shape index (κ3) is 4.69. The molecule has 7 nitrogen and oxygen atoms in total. The highest BCUT2D eigenvalue weighted by Crippen LogP contribution is 2.33. The number of quaternary nitrogens is 1. The Morgan fingerprint density at radius 1 is 1.07 bits per heavy atom. The van der Waals surface area contributed by atoms with Gasteiger partial charge in [-0.05, 0) is 57.7 Å². The van der Waals surface area contributed by atoms with Crippen molar-refractivity contribution in [3.05, 3.63) is 41.6 Å². The van der Waals surface area contributed by atoms with Crippen molar-refractivity contribution < 1.29 is 15.2 Å². The zero-order valence-electron chi connectivity index (χ0n) is 16.7. The maximum atomic E-state index is 11.3. The second-order valence-electron chi connectivity index (χ2n) is 7.20. The summed E-state index contributed by atoms with van der Waals surface area (Å²) in [5.41, 5.74) is 2.70. The van der Waals surface area contributed by atoms with Crippen LogP contribution in [0.25, 0.3) is 21.8 Å². The number of aromatic nitrogens is 1. The van der Waals surface area contributed by atoms with E-state index < -0.39 is 5.23 Å². The Balaban J connectivity index is 1.92. The van der Waals surface area contributed by atoms with E-state index in [1.54, 1.807) is 19.2 Å². The third-order valence-electron chi connectivity index (χ3n) is 4.81. The van der Waals surface area contributed by atoms with Crippen LogP contribution in [0.5, 0.6) is 5.75 Å². The Bertz CT molecular complexity index is 944. The second-order valence-corrected chi connectivity index (χ2v) is 7.20. The van der Waals surface area contributed by atoms with Gasteiger partial charge >= 0.3 is 0 Å². The summed E-state index contributed by atoms with van der Waals surface area (Å²) >= 11 is 0. The van der Waals surface area contributed by atoms with Crippen molar-refractivity contribution in [2.75, 3.05) is 39.6 Å². The summed E-state index contributed by atoms with van der Waals surface area (Å²) in [4.78, 5) is 6.87. The van der Waals surface area contributed by atoms with Gasteiger partial charge in [-0.15, -0.1) is 0 Å². The Labute approximate surface area is 165 Å². The summed E-state index contributed by atoms with van der Waals surface area (Å²) in [7, 11) is 5.82. The summed E-state index contributed by atoms with van der Waals surface area (Å²) in [6, 6.07) is 10.8. The SMILES string of the molecule is COc1ccc2nc3cc([NH+]([O-])O)ccc3c(NCCCCCN(C)C)c2c1. The monoisotopic (exact) mass is 384 g/mol. The molecule has 28 heavy (non-hydrogen) atoms. The van der Waals surface area contributed by atoms with E-state index in [9.17, 15) is 10.4 Å². The van der Waals surface area contributed by atoms with Gasteiger partial charge in [0, 0.05) is 29.4 Å². The van der Waals surface area contributed by atoms with E-state index in [0.29, 0.717) is 5.52 Å². The first-order valence-corrected chi connectivity index (χ1v) is 9.53. The van der Waals surface area contributed by atoms with Crippen molar-refractivity contribution in [1.29, 1.82) is 0 Å². The molecule has 7 heteroatoms. The molecule has 0 amide bonds. The largest absolute Gasteiger partial charge is 0.595 e. The Kier molecular flexibility index (Phi) is 6.64. The fourth-order valence-electron chi connectivity index (χ4n) is 3.32. The number of benzene rings is 2. The molecule has 0 aliphatic carbocycles. The molecule has 0 fully saturated rings. The lowest BCUT2D eigenvalue weighted by Gasteiger charge is -2.16. The first kappa shape index (κ1) is 20.3. The van der Waals surface area contributed by atoms with Crippen molar-refractivity contribution >= 4 is 33.2 Å². The van der Waals surface area contributed by atoms with Gasteiger partial charge in [0.1, 0.15) is 5.75 Å². The highest BCUT2D eigenvalue weighted by molar-refractivity contribution is 6.08. The van der Waals surface area contributed by atoms with Crippen LogP contribution in [0.1, 0.15) is 19.3 Å². The van der Waals surface area contributed by atoms with Crippen LogP contribution in [0.3, 0.4) is 0 Å². The second kappa shape index (κ2) is 9.16. The van der Waals surface area contributed by atoms with Gasteiger partial charge in [0.2, 0.25) is 0 Å². The van der Waals surface area contributed by atoms with Crippen LogP contribution in [-0.2, 0) is 0 Å². The molecule has 3 aromatic rings. The number of pyridine rings is 1. The minimum Gasteiger partial charge on any atom is -0.595 e. The Morgan fingerprint density at radius 3 is 2.61 bits per heavy atom. The molecule has 1 heterocycles. The molecule has 3 N–H and O–H groups in total. The number of hydrogen-bond acceptors (Lipinski definition) is 6. The molecule has 150 valence electrons. The summed E-state index contributed by atoms with van der Waals surface area (Å²) < 4.78 is 5.38. The molecule has 0 radical (unpaired) electrons. The summed E-state index contributed by atoms with van der Waals surface area (Å²) in [6.07, 6.45) is 3.39. The first-order valence-electron chi connectivity index (χ1n) is 9.53. The third-order valence-corrected chi connectivity index (χ3v) is 4.81. The van der Waals surface area contributed by atoms with Crippen LogP contribution in [0.2, 0.25) is 0 Å². The highest BCUT2D eigenvalue weighted by atomic mass is 16.8. The maximum absolute atomic E-state index is 11.3. The van der Waals surface area contributed by atoms with Gasteiger partial charge in [0.15, 0.2) is 5.69 Å². The van der Waals surface area contributed by atoms with E-state index in [2.05, 4.69) is 29.3 Å². The van der Waals surface area contributed by atoms with Crippen LogP contribution in [0.15, 0.2) is 36.4 Å². The summed E-state index contributed by atoms with van der Waals surface area (Å²) in [5, 5.41) is 25.1. The lowest BCUT2D eigenvalue weighted by atomic mass is 10.1. The Hall–Kier alpha value is -2.45. The van der Waals surface area contributed by atoms with E-state index in [1.165, 1.54) is 6.42 Å². The van der Waals surface area contributed by atoms with Crippen LogP contribution in [0.4, 0.5) is 11.4 Å². The van der Waals surface area contributed by atoms with Gasteiger partial charge in [-0.1, -0.05) is 6.42 Å². The number of anilines is 1. The fraction of sp³-hybridized carbons (Fsp3) is 0.381. The van der Waals surface area contributed by atoms with E-state index in [1.807, 2.05) is 24.3 Å². The lowest BCUT2D eigenvalue weighted by Crippen LogP contribution is -2.99. The molecule has 1 atom stereocenters. The highest BCUT2D eigenvalue weighted by Gasteiger charge is 2.12. The normalized spacial score (nSPS) is 12.6. The van der Waals surface area contributed by atoms with Crippen molar-refractivity contribution in [2.45, 2.75) is 19.3 Å². The molecule has 1 aromatic heterocycles. The molecule has 1 unspecified atom stereocenters. The van der Waals surface area contributed by atoms with Crippen molar-refractivity contribution in [1.82, 2.24) is 9.88 Å². The van der Waals surface area contributed by atoms with Gasteiger partial charge in [-0.3, -0.25) is 0 Å². The average molecular weight is 384 g/mol. The molecule has 2 aromatic carbocycles. The minimum atomic E-state index is -0.950. The van der Waals surface area contributed by atoms with Gasteiger partial charge in [-0.25, -0.2) is 10.2 Å². The fourth-order valence-corrected chi connectivity index (χ4v) is 3.32. The predicted molar refractivity (Wildman–Crippen MR) is 112 cm³/mol. The number of rotatable bonds is 9. The van der Waals surface area contributed by atoms with Crippen LogP contribution in [-0.4, -0.2) is 49.4 Å². The van der Waals surface area contributed by atoms with Gasteiger partial charge < -0.3 is 20.2 Å². The van der Waals surface area contributed by atoms with E-state index in [4.69, 9.17) is 4.74 Å². The number of unbranched alkanes of at least 4 members (excludes halogenated alkanes) is 2. The smallest absolute Gasteiger partial charge is 0.165 e. The molecule has 0 saturated carbocycles. The van der Waals surface area contributed by atoms with Gasteiger partial charge in [0.25, 0.3) is 0 Å². The first-order chi connectivity index (χ1) is 13.5. The van der Waals surface area contributed by atoms with E-state index >= 15 is 0 Å². The molecule has 0 saturated heterocycles. The summed E-state index contributed by atoms with van der Waals surface area (Å²) in [5.74, 6) is 0.768. The number of ether oxygens (including phenoxy) is 1. The Morgan fingerprint density at radius 2 is 1.89 bits per heavy atom. The molecule has 0 bridgehead atoms. The van der Waals surface area contributed by atoms with Crippen LogP contribution < -0.4 is 15.3 Å². The average Bonchev–Trinajstić information content (AvgIpc) is 2.68. The zero-order chi connectivity index (χ0) is 20.1. The van der Waals surface area contributed by atoms with Crippen molar-refractivity contribution in [3.8, 4) is 5.75 Å². The zero-order valence-corrected chi connectivity index (χ0v) is 16.7. The molecule has 0 aliphatic rings. The standard InChI is InChI=1S/C21H28N4O3/c1-24(2)12-6-4-5-11-22-21-17-9-7-15(25(26)27)13-20(17)23-19-10-8-16(28-3)14-18(19)21/h7-10,13-14,25-26H,4-6,11-12H2,1-3H3,(H,22,23).